The molecule has 6 nitrogen and oxygen atoms in total. The lowest BCUT2D eigenvalue weighted by molar-refractivity contribution is -0.160. The summed E-state index contributed by atoms with van der Waals surface area (Å²) in [6.45, 7) is 4.73. The quantitative estimate of drug-likeness (QED) is 0.501. The number of ether oxygens (including phenoxy) is 1. The van der Waals surface area contributed by atoms with Gasteiger partial charge in [-0.05, 0) is 23.6 Å². The summed E-state index contributed by atoms with van der Waals surface area (Å²) in [5.41, 5.74) is 4.17. The van der Waals surface area contributed by atoms with E-state index in [1.807, 2.05) is 66.9 Å². The van der Waals surface area contributed by atoms with Crippen molar-refractivity contribution >= 4 is 17.6 Å². The first-order chi connectivity index (χ1) is 15.9. The molecule has 1 fully saturated rings. The molecule has 3 aromatic rings. The zero-order valence-corrected chi connectivity index (χ0v) is 19.0. The van der Waals surface area contributed by atoms with E-state index in [2.05, 4.69) is 23.7 Å². The summed E-state index contributed by atoms with van der Waals surface area (Å²) in [6, 6.07) is 19.3. The van der Waals surface area contributed by atoms with Gasteiger partial charge in [-0.1, -0.05) is 62.4 Å². The molecule has 0 saturated carbocycles. The third kappa shape index (κ3) is 5.34. The van der Waals surface area contributed by atoms with Crippen LogP contribution in [0, 0.1) is 0 Å². The number of aliphatic hydroxyl groups is 1. The number of benzene rings is 2. The summed E-state index contributed by atoms with van der Waals surface area (Å²) in [6.07, 6.45) is 2.11. The average Bonchev–Trinajstić information content (AvgIpc) is 3.18. The van der Waals surface area contributed by atoms with Crippen molar-refractivity contribution in [1.29, 1.82) is 0 Å². The standard InChI is InChI=1S/C27H30N2O4/c1-18(2)26-25(27(32)28-20-11-7-4-8-12-20)23(19-9-5-3-6-10-19)17-29(26)14-13-22-15-21(30)16-24(31)33-22/h3-12,17-18,21-22,30H,13-16H2,1-2H3,(H,28,32). The Morgan fingerprint density at radius 3 is 2.42 bits per heavy atom. The average molecular weight is 447 g/mol. The fourth-order valence-electron chi connectivity index (χ4n) is 4.49. The van der Waals surface area contributed by atoms with Crippen LogP contribution in [-0.4, -0.2) is 33.8 Å². The molecule has 2 heterocycles. The highest BCUT2D eigenvalue weighted by Crippen LogP contribution is 2.34. The molecule has 1 aromatic heterocycles. The van der Waals surface area contributed by atoms with Gasteiger partial charge in [-0.2, -0.15) is 0 Å². The maximum absolute atomic E-state index is 13.5. The Kier molecular flexibility index (Phi) is 6.94. The predicted molar refractivity (Wildman–Crippen MR) is 128 cm³/mol. The SMILES string of the molecule is CC(C)c1c(C(=O)Nc2ccccc2)c(-c2ccccc2)cn1CCC1CC(O)CC(=O)O1. The molecule has 6 heteroatoms. The number of hydrogen-bond acceptors (Lipinski definition) is 4. The number of amides is 1. The molecule has 1 amide bonds. The van der Waals surface area contributed by atoms with Gasteiger partial charge in [0.1, 0.15) is 6.10 Å². The van der Waals surface area contributed by atoms with Crippen LogP contribution in [0.3, 0.4) is 0 Å². The van der Waals surface area contributed by atoms with Gasteiger partial charge in [0.15, 0.2) is 0 Å². The number of aromatic nitrogens is 1. The van der Waals surface area contributed by atoms with Gasteiger partial charge in [-0.25, -0.2) is 0 Å². The number of carbonyl (C=O) groups excluding carboxylic acids is 2. The molecule has 1 aliphatic rings. The van der Waals surface area contributed by atoms with Crippen LogP contribution in [-0.2, 0) is 16.1 Å². The molecule has 2 N–H and O–H groups in total. The van der Waals surface area contributed by atoms with E-state index in [1.165, 1.54) is 0 Å². The number of nitrogens with one attached hydrogen (secondary N) is 1. The lowest BCUT2D eigenvalue weighted by Gasteiger charge is -2.26. The minimum atomic E-state index is -0.655. The topological polar surface area (TPSA) is 80.6 Å². The molecule has 33 heavy (non-hydrogen) atoms. The fourth-order valence-corrected chi connectivity index (χ4v) is 4.49. The molecular weight excluding hydrogens is 416 g/mol. The van der Waals surface area contributed by atoms with Crippen molar-refractivity contribution in [3.05, 3.63) is 78.1 Å². The Hall–Kier alpha value is -3.38. The molecule has 0 radical (unpaired) electrons. The molecule has 0 aliphatic carbocycles. The van der Waals surface area contributed by atoms with Crippen LogP contribution in [0.15, 0.2) is 66.9 Å². The van der Waals surface area contributed by atoms with Crippen molar-refractivity contribution in [3.8, 4) is 11.1 Å². The maximum Gasteiger partial charge on any atom is 0.308 e. The zero-order chi connectivity index (χ0) is 23.4. The number of carbonyl (C=O) groups is 2. The first-order valence-electron chi connectivity index (χ1n) is 11.4. The highest BCUT2D eigenvalue weighted by atomic mass is 16.5. The third-order valence-electron chi connectivity index (χ3n) is 5.94. The first kappa shape index (κ1) is 22.8. The summed E-state index contributed by atoms with van der Waals surface area (Å²) >= 11 is 0. The van der Waals surface area contributed by atoms with E-state index in [4.69, 9.17) is 4.74 Å². The zero-order valence-electron chi connectivity index (χ0n) is 19.0. The molecular formula is C27H30N2O4. The van der Waals surface area contributed by atoms with Crippen molar-refractivity contribution in [2.75, 3.05) is 5.32 Å². The largest absolute Gasteiger partial charge is 0.462 e. The van der Waals surface area contributed by atoms with E-state index in [-0.39, 0.29) is 30.3 Å². The van der Waals surface area contributed by atoms with Gasteiger partial charge < -0.3 is 19.7 Å². The number of esters is 1. The smallest absolute Gasteiger partial charge is 0.308 e. The van der Waals surface area contributed by atoms with E-state index >= 15 is 0 Å². The summed E-state index contributed by atoms with van der Waals surface area (Å²) < 4.78 is 7.53. The second kappa shape index (κ2) is 10.0. The second-order valence-corrected chi connectivity index (χ2v) is 8.83. The second-order valence-electron chi connectivity index (χ2n) is 8.83. The Morgan fingerprint density at radius 1 is 1.12 bits per heavy atom. The van der Waals surface area contributed by atoms with Gasteiger partial charge in [0, 0.05) is 42.5 Å². The first-order valence-corrected chi connectivity index (χ1v) is 11.4. The summed E-state index contributed by atoms with van der Waals surface area (Å²) in [4.78, 5) is 25.2. The Labute approximate surface area is 194 Å². The van der Waals surface area contributed by atoms with Crippen molar-refractivity contribution in [2.24, 2.45) is 0 Å². The van der Waals surface area contributed by atoms with Crippen molar-refractivity contribution in [2.45, 2.75) is 57.8 Å². The van der Waals surface area contributed by atoms with Crippen LogP contribution in [0.1, 0.15) is 55.1 Å². The summed E-state index contributed by atoms with van der Waals surface area (Å²) in [5.74, 6) is -0.413. The molecule has 0 spiro atoms. The molecule has 2 atom stereocenters. The van der Waals surface area contributed by atoms with E-state index in [0.29, 0.717) is 24.9 Å². The van der Waals surface area contributed by atoms with Gasteiger partial charge in [-0.3, -0.25) is 9.59 Å². The van der Waals surface area contributed by atoms with E-state index in [0.717, 1.165) is 22.5 Å². The Balaban J connectivity index is 1.69. The van der Waals surface area contributed by atoms with Crippen LogP contribution in [0.2, 0.25) is 0 Å². The number of anilines is 1. The number of hydrogen-bond donors (Lipinski definition) is 2. The minimum absolute atomic E-state index is 0.0548. The molecule has 4 rings (SSSR count). The number of nitrogens with zero attached hydrogens (tertiary/aromatic N) is 1. The fraction of sp³-hybridized carbons (Fsp3) is 0.333. The van der Waals surface area contributed by atoms with Crippen molar-refractivity contribution in [1.82, 2.24) is 4.57 Å². The highest BCUT2D eigenvalue weighted by Gasteiger charge is 2.29. The van der Waals surface area contributed by atoms with Crippen molar-refractivity contribution in [3.63, 3.8) is 0 Å². The van der Waals surface area contributed by atoms with Crippen molar-refractivity contribution < 1.29 is 19.4 Å². The highest BCUT2D eigenvalue weighted by molar-refractivity contribution is 6.10. The number of aliphatic hydroxyl groups excluding tert-OH is 1. The van der Waals surface area contributed by atoms with Gasteiger partial charge >= 0.3 is 5.97 Å². The monoisotopic (exact) mass is 446 g/mol. The minimum Gasteiger partial charge on any atom is -0.462 e. The van der Waals surface area contributed by atoms with Crippen LogP contribution in [0.4, 0.5) is 5.69 Å². The molecule has 2 unspecified atom stereocenters. The number of rotatable bonds is 7. The van der Waals surface area contributed by atoms with E-state index < -0.39 is 6.10 Å². The number of cyclic esters (lactones) is 1. The lowest BCUT2D eigenvalue weighted by atomic mass is 9.97. The maximum atomic E-state index is 13.5. The van der Waals surface area contributed by atoms with Gasteiger partial charge in [-0.15, -0.1) is 0 Å². The van der Waals surface area contributed by atoms with Gasteiger partial charge in [0.25, 0.3) is 5.91 Å². The summed E-state index contributed by atoms with van der Waals surface area (Å²) in [7, 11) is 0. The molecule has 1 saturated heterocycles. The molecule has 1 aliphatic heterocycles. The molecule has 0 bridgehead atoms. The van der Waals surface area contributed by atoms with Crippen LogP contribution in [0.25, 0.3) is 11.1 Å². The lowest BCUT2D eigenvalue weighted by Crippen LogP contribution is -2.33. The van der Waals surface area contributed by atoms with Crippen LogP contribution < -0.4 is 5.32 Å². The Morgan fingerprint density at radius 2 is 1.79 bits per heavy atom. The number of aryl methyl sites for hydroxylation is 1. The van der Waals surface area contributed by atoms with E-state index in [9.17, 15) is 14.7 Å². The normalized spacial score (nSPS) is 18.2. The summed E-state index contributed by atoms with van der Waals surface area (Å²) in [5, 5.41) is 13.0. The van der Waals surface area contributed by atoms with Gasteiger partial charge in [0.05, 0.1) is 18.1 Å². The van der Waals surface area contributed by atoms with E-state index in [1.54, 1.807) is 0 Å². The van der Waals surface area contributed by atoms with Gasteiger partial charge in [0.2, 0.25) is 0 Å². The number of para-hydroxylation sites is 1. The van der Waals surface area contributed by atoms with Crippen LogP contribution >= 0.6 is 0 Å². The molecule has 2 aromatic carbocycles. The predicted octanol–water partition coefficient (Wildman–Crippen LogP) is 4.99. The Bertz CT molecular complexity index is 1110. The van der Waals surface area contributed by atoms with Crippen LogP contribution in [0.5, 0.6) is 0 Å². The third-order valence-corrected chi connectivity index (χ3v) is 5.94. The molecule has 172 valence electrons.